The maximum absolute atomic E-state index is 4.28. The van der Waals surface area contributed by atoms with Crippen LogP contribution in [0.25, 0.3) is 10.7 Å². The Kier molecular flexibility index (Phi) is 1.75. The molecule has 0 amide bonds. The zero-order valence-corrected chi connectivity index (χ0v) is 8.69. The Morgan fingerprint density at radius 1 is 1.20 bits per heavy atom. The molecule has 0 aliphatic carbocycles. The predicted molar refractivity (Wildman–Crippen MR) is 57.8 cm³/mol. The first-order valence-electron chi connectivity index (χ1n) is 4.36. The molecule has 0 spiro atoms. The Hall–Kier alpha value is -1.82. The van der Waals surface area contributed by atoms with Gasteiger partial charge >= 0.3 is 0 Å². The second-order valence-corrected chi connectivity index (χ2v) is 4.28. The summed E-state index contributed by atoms with van der Waals surface area (Å²) in [5.41, 5.74) is 1.47. The molecule has 3 rings (SSSR count). The molecule has 0 fully saturated rings. The van der Waals surface area contributed by atoms with Crippen LogP contribution in [0.4, 0.5) is 11.5 Å². The van der Waals surface area contributed by atoms with Crippen LogP contribution in [-0.2, 0) is 0 Å². The van der Waals surface area contributed by atoms with Crippen molar-refractivity contribution in [2.75, 3.05) is 0 Å². The van der Waals surface area contributed by atoms with Crippen molar-refractivity contribution in [1.29, 1.82) is 0 Å². The first kappa shape index (κ1) is 8.49. The van der Waals surface area contributed by atoms with Gasteiger partial charge in [0.15, 0.2) is 5.82 Å². The fraction of sp³-hybridized carbons (Fsp3) is 0.111. The molecule has 3 heterocycles. The summed E-state index contributed by atoms with van der Waals surface area (Å²) in [4.78, 5) is 17.8. The van der Waals surface area contributed by atoms with E-state index in [9.17, 15) is 0 Å². The summed E-state index contributed by atoms with van der Waals surface area (Å²) < 4.78 is 0. The first-order valence-corrected chi connectivity index (χ1v) is 5.17. The van der Waals surface area contributed by atoms with Crippen molar-refractivity contribution in [3.05, 3.63) is 17.4 Å². The SMILES string of the molecule is Cc1cnc(-c2ncnc3c2N=C[N]3)s1. The van der Waals surface area contributed by atoms with Gasteiger partial charge in [-0.1, -0.05) is 0 Å². The molecule has 0 N–H and O–H groups in total. The van der Waals surface area contributed by atoms with Crippen LogP contribution >= 0.6 is 11.3 Å². The van der Waals surface area contributed by atoms with E-state index in [1.807, 2.05) is 13.1 Å². The van der Waals surface area contributed by atoms with Gasteiger partial charge in [0.25, 0.3) is 0 Å². The van der Waals surface area contributed by atoms with Crippen LogP contribution < -0.4 is 5.32 Å². The average Bonchev–Trinajstić information content (AvgIpc) is 2.84. The van der Waals surface area contributed by atoms with Gasteiger partial charge in [0.2, 0.25) is 0 Å². The van der Waals surface area contributed by atoms with E-state index in [4.69, 9.17) is 0 Å². The molecule has 0 saturated carbocycles. The Balaban J connectivity index is 2.20. The van der Waals surface area contributed by atoms with E-state index in [0.717, 1.165) is 15.6 Å². The molecule has 15 heavy (non-hydrogen) atoms. The summed E-state index contributed by atoms with van der Waals surface area (Å²) >= 11 is 1.59. The highest BCUT2D eigenvalue weighted by Crippen LogP contribution is 2.36. The lowest BCUT2D eigenvalue weighted by Crippen LogP contribution is -1.91. The second-order valence-electron chi connectivity index (χ2n) is 3.04. The first-order chi connectivity index (χ1) is 7.34. The van der Waals surface area contributed by atoms with E-state index in [0.29, 0.717) is 11.5 Å². The minimum Gasteiger partial charge on any atom is -0.242 e. The second kappa shape index (κ2) is 3.09. The number of aromatic nitrogens is 3. The van der Waals surface area contributed by atoms with E-state index >= 15 is 0 Å². The van der Waals surface area contributed by atoms with Crippen molar-refractivity contribution in [2.24, 2.45) is 4.99 Å². The summed E-state index contributed by atoms with van der Waals surface area (Å²) in [6.45, 7) is 2.01. The lowest BCUT2D eigenvalue weighted by Gasteiger charge is -1.99. The van der Waals surface area contributed by atoms with E-state index < -0.39 is 0 Å². The van der Waals surface area contributed by atoms with Crippen molar-refractivity contribution in [3.8, 4) is 10.7 Å². The highest BCUT2D eigenvalue weighted by Gasteiger charge is 2.18. The molecule has 73 valence electrons. The summed E-state index contributed by atoms with van der Waals surface area (Å²) in [6.07, 6.45) is 4.80. The standard InChI is InChI=1S/C9H6N5S/c1-5-2-10-9(15-5)7-6-8(13-3-11-6)14-4-12-7/h2-4H,1H3. The molecule has 2 aromatic rings. The van der Waals surface area contributed by atoms with Crippen molar-refractivity contribution >= 4 is 29.2 Å². The number of nitrogens with zero attached hydrogens (tertiary/aromatic N) is 5. The van der Waals surface area contributed by atoms with Gasteiger partial charge in [-0.15, -0.1) is 11.3 Å². The third kappa shape index (κ3) is 1.30. The number of aliphatic imine (C=N–C) groups is 1. The Morgan fingerprint density at radius 3 is 2.93 bits per heavy atom. The molecule has 0 atom stereocenters. The Labute approximate surface area is 90.0 Å². The van der Waals surface area contributed by atoms with E-state index in [1.54, 1.807) is 11.3 Å². The lowest BCUT2D eigenvalue weighted by atomic mass is 10.3. The van der Waals surface area contributed by atoms with Crippen LogP contribution in [-0.4, -0.2) is 21.3 Å². The van der Waals surface area contributed by atoms with E-state index in [2.05, 4.69) is 25.3 Å². The predicted octanol–water partition coefficient (Wildman–Crippen LogP) is 1.82. The third-order valence-electron chi connectivity index (χ3n) is 1.99. The quantitative estimate of drug-likeness (QED) is 0.730. The van der Waals surface area contributed by atoms with Gasteiger partial charge < -0.3 is 0 Å². The molecule has 6 heteroatoms. The van der Waals surface area contributed by atoms with Crippen LogP contribution in [0.5, 0.6) is 0 Å². The number of aryl methyl sites for hydroxylation is 1. The smallest absolute Gasteiger partial charge is 0.183 e. The minimum atomic E-state index is 0.618. The van der Waals surface area contributed by atoms with Gasteiger partial charge in [-0.3, -0.25) is 0 Å². The summed E-state index contributed by atoms with van der Waals surface area (Å²) in [6, 6.07) is 0. The molecule has 1 radical (unpaired) electrons. The molecular formula is C9H6N5S. The van der Waals surface area contributed by atoms with Gasteiger partial charge in [-0.05, 0) is 6.92 Å². The topological polar surface area (TPSA) is 65.1 Å². The van der Waals surface area contributed by atoms with Crippen molar-refractivity contribution < 1.29 is 0 Å². The zero-order chi connectivity index (χ0) is 10.3. The third-order valence-corrected chi connectivity index (χ3v) is 2.91. The normalized spacial score (nSPS) is 12.6. The monoisotopic (exact) mass is 216 g/mol. The van der Waals surface area contributed by atoms with Crippen LogP contribution in [0.3, 0.4) is 0 Å². The van der Waals surface area contributed by atoms with Crippen LogP contribution in [0, 0.1) is 6.92 Å². The average molecular weight is 216 g/mol. The van der Waals surface area contributed by atoms with Crippen LogP contribution in [0.1, 0.15) is 4.88 Å². The van der Waals surface area contributed by atoms with E-state index in [-0.39, 0.29) is 0 Å². The summed E-state index contributed by atoms with van der Waals surface area (Å²) in [5, 5.41) is 4.89. The van der Waals surface area contributed by atoms with Crippen molar-refractivity contribution in [1.82, 2.24) is 20.3 Å². The largest absolute Gasteiger partial charge is 0.242 e. The van der Waals surface area contributed by atoms with Gasteiger partial charge in [0.05, 0.1) is 0 Å². The molecule has 0 unspecified atom stereocenters. The summed E-state index contributed by atoms with van der Waals surface area (Å²) in [7, 11) is 0. The molecule has 1 aliphatic heterocycles. The van der Waals surface area contributed by atoms with Gasteiger partial charge in [-0.2, -0.15) is 0 Å². The maximum atomic E-state index is 4.28. The van der Waals surface area contributed by atoms with E-state index in [1.165, 1.54) is 12.7 Å². The number of fused-ring (bicyclic) bond motifs is 1. The maximum Gasteiger partial charge on any atom is 0.183 e. The molecule has 5 nitrogen and oxygen atoms in total. The fourth-order valence-corrected chi connectivity index (χ4v) is 2.11. The minimum absolute atomic E-state index is 0.618. The molecule has 0 saturated heterocycles. The number of rotatable bonds is 1. The summed E-state index contributed by atoms with van der Waals surface area (Å²) in [5.74, 6) is 0.618. The molecular weight excluding hydrogens is 210 g/mol. The fourth-order valence-electron chi connectivity index (χ4n) is 1.34. The Bertz CT molecular complexity index is 545. The molecule has 0 bridgehead atoms. The van der Waals surface area contributed by atoms with Crippen molar-refractivity contribution in [3.63, 3.8) is 0 Å². The lowest BCUT2D eigenvalue weighted by molar-refractivity contribution is 1.12. The molecule has 1 aliphatic rings. The van der Waals surface area contributed by atoms with Gasteiger partial charge in [-0.25, -0.2) is 25.3 Å². The Morgan fingerprint density at radius 2 is 2.13 bits per heavy atom. The number of thiazole rings is 1. The van der Waals surface area contributed by atoms with Gasteiger partial charge in [0, 0.05) is 11.1 Å². The zero-order valence-electron chi connectivity index (χ0n) is 7.88. The van der Waals surface area contributed by atoms with Crippen molar-refractivity contribution in [2.45, 2.75) is 6.92 Å². The van der Waals surface area contributed by atoms with Crippen LogP contribution in [0.15, 0.2) is 17.5 Å². The highest BCUT2D eigenvalue weighted by atomic mass is 32.1. The number of hydrogen-bond donors (Lipinski definition) is 0. The number of hydrogen-bond acceptors (Lipinski definition) is 5. The molecule has 0 aromatic carbocycles. The molecule has 2 aromatic heterocycles. The van der Waals surface area contributed by atoms with Gasteiger partial charge in [0.1, 0.15) is 29.1 Å². The highest BCUT2D eigenvalue weighted by molar-refractivity contribution is 7.15. The van der Waals surface area contributed by atoms with Crippen LogP contribution in [0.2, 0.25) is 0 Å².